The van der Waals surface area contributed by atoms with Crippen LogP contribution >= 0.6 is 11.6 Å². The van der Waals surface area contributed by atoms with Crippen LogP contribution < -0.4 is 5.32 Å². The van der Waals surface area contributed by atoms with Crippen LogP contribution in [0.1, 0.15) is 29.6 Å². The van der Waals surface area contributed by atoms with Gasteiger partial charge < -0.3 is 5.32 Å². The van der Waals surface area contributed by atoms with E-state index in [1.54, 1.807) is 6.20 Å². The molecule has 1 aromatic heterocycles. The van der Waals surface area contributed by atoms with E-state index in [4.69, 9.17) is 11.6 Å². The number of nitrogens with one attached hydrogen (secondary N) is 1. The van der Waals surface area contributed by atoms with E-state index >= 15 is 0 Å². The number of benzene rings is 1. The summed E-state index contributed by atoms with van der Waals surface area (Å²) in [5.74, 6) is 0.751. The van der Waals surface area contributed by atoms with Gasteiger partial charge in [-0.15, -0.1) is 0 Å². The van der Waals surface area contributed by atoms with Crippen LogP contribution in [0.5, 0.6) is 0 Å². The van der Waals surface area contributed by atoms with E-state index in [1.807, 2.05) is 24.3 Å². The van der Waals surface area contributed by atoms with Crippen molar-refractivity contribution in [2.24, 2.45) is 5.92 Å². The van der Waals surface area contributed by atoms with Gasteiger partial charge in [-0.2, -0.15) is 0 Å². The zero-order valence-electron chi connectivity index (χ0n) is 10.5. The number of hydrogen-bond acceptors (Lipinski definition) is 2. The summed E-state index contributed by atoms with van der Waals surface area (Å²) in [5, 5.41) is 5.07. The van der Waals surface area contributed by atoms with Crippen LogP contribution in [0.2, 0.25) is 5.15 Å². The quantitative estimate of drug-likeness (QED) is 0.868. The van der Waals surface area contributed by atoms with Crippen molar-refractivity contribution >= 4 is 28.3 Å². The second-order valence-electron chi connectivity index (χ2n) is 5.00. The molecule has 1 amide bonds. The molecule has 3 nitrogen and oxygen atoms in total. The predicted molar refractivity (Wildman–Crippen MR) is 76.4 cm³/mol. The lowest BCUT2D eigenvalue weighted by Crippen LogP contribution is -2.25. The molecule has 1 saturated carbocycles. The summed E-state index contributed by atoms with van der Waals surface area (Å²) in [7, 11) is 0. The highest BCUT2D eigenvalue weighted by atomic mass is 35.5. The number of pyridine rings is 1. The van der Waals surface area contributed by atoms with Gasteiger partial charge in [0.2, 0.25) is 0 Å². The molecule has 0 unspecified atom stereocenters. The third-order valence-corrected chi connectivity index (χ3v) is 3.83. The Labute approximate surface area is 117 Å². The van der Waals surface area contributed by atoms with Gasteiger partial charge in [0, 0.05) is 18.1 Å². The lowest BCUT2D eigenvalue weighted by atomic mass is 10.1. The molecule has 1 fully saturated rings. The maximum Gasteiger partial charge on any atom is 0.253 e. The van der Waals surface area contributed by atoms with Crippen molar-refractivity contribution in [1.82, 2.24) is 10.3 Å². The molecule has 4 heteroatoms. The van der Waals surface area contributed by atoms with Crippen molar-refractivity contribution in [3.8, 4) is 0 Å². The predicted octanol–water partition coefficient (Wildman–Crippen LogP) is 3.42. The number of amides is 1. The Kier molecular flexibility index (Phi) is 3.38. The van der Waals surface area contributed by atoms with Gasteiger partial charge in [-0.25, -0.2) is 4.98 Å². The van der Waals surface area contributed by atoms with Crippen molar-refractivity contribution in [2.45, 2.75) is 19.3 Å². The van der Waals surface area contributed by atoms with Crippen molar-refractivity contribution in [2.75, 3.05) is 6.54 Å². The number of rotatable bonds is 4. The molecule has 1 N–H and O–H groups in total. The monoisotopic (exact) mass is 274 g/mol. The van der Waals surface area contributed by atoms with E-state index in [0.29, 0.717) is 10.7 Å². The molecule has 2 aromatic rings. The third-order valence-electron chi connectivity index (χ3n) is 3.53. The van der Waals surface area contributed by atoms with Gasteiger partial charge in [0.25, 0.3) is 5.91 Å². The molecule has 1 aromatic carbocycles. The Bertz CT molecular complexity index is 623. The minimum atomic E-state index is -0.0685. The molecule has 0 radical (unpaired) electrons. The minimum absolute atomic E-state index is 0.0685. The van der Waals surface area contributed by atoms with Gasteiger partial charge >= 0.3 is 0 Å². The normalized spacial score (nSPS) is 14.6. The fourth-order valence-electron chi connectivity index (χ4n) is 2.23. The standard InChI is InChI=1S/C15H15ClN2O/c16-14-12-4-2-1-3-11(12)13(9-18-14)15(19)17-8-7-10-5-6-10/h1-4,9-10H,5-8H2,(H,17,19). The summed E-state index contributed by atoms with van der Waals surface area (Å²) in [6.07, 6.45) is 5.24. The van der Waals surface area contributed by atoms with E-state index in [0.717, 1.165) is 29.7 Å². The largest absolute Gasteiger partial charge is 0.352 e. The van der Waals surface area contributed by atoms with Crippen LogP contribution in [-0.2, 0) is 0 Å². The number of nitrogens with zero attached hydrogens (tertiary/aromatic N) is 1. The van der Waals surface area contributed by atoms with Crippen LogP contribution in [0.4, 0.5) is 0 Å². The lowest BCUT2D eigenvalue weighted by Gasteiger charge is -2.08. The van der Waals surface area contributed by atoms with Gasteiger partial charge in [0.1, 0.15) is 5.15 Å². The van der Waals surface area contributed by atoms with Crippen LogP contribution in [-0.4, -0.2) is 17.4 Å². The summed E-state index contributed by atoms with van der Waals surface area (Å²) in [6.45, 7) is 0.737. The highest BCUT2D eigenvalue weighted by Gasteiger charge is 2.21. The fourth-order valence-corrected chi connectivity index (χ4v) is 2.44. The molecule has 1 heterocycles. The Hall–Kier alpha value is -1.61. The molecule has 1 aliphatic carbocycles. The Morgan fingerprint density at radius 1 is 1.32 bits per heavy atom. The summed E-state index contributed by atoms with van der Waals surface area (Å²) in [4.78, 5) is 16.3. The number of carbonyl (C=O) groups excluding carboxylic acids is 1. The van der Waals surface area contributed by atoms with Crippen LogP contribution in [0.15, 0.2) is 30.5 Å². The molecular formula is C15H15ClN2O. The highest BCUT2D eigenvalue weighted by Crippen LogP contribution is 2.31. The molecule has 0 saturated heterocycles. The van der Waals surface area contributed by atoms with Crippen LogP contribution in [0.3, 0.4) is 0 Å². The summed E-state index contributed by atoms with van der Waals surface area (Å²) < 4.78 is 0. The summed E-state index contributed by atoms with van der Waals surface area (Å²) in [6, 6.07) is 7.58. The second kappa shape index (κ2) is 5.17. The lowest BCUT2D eigenvalue weighted by molar-refractivity contribution is 0.0954. The highest BCUT2D eigenvalue weighted by molar-refractivity contribution is 6.34. The SMILES string of the molecule is O=C(NCCC1CC1)c1cnc(Cl)c2ccccc12. The molecule has 0 atom stereocenters. The zero-order valence-corrected chi connectivity index (χ0v) is 11.3. The topological polar surface area (TPSA) is 42.0 Å². The number of carbonyl (C=O) groups is 1. The molecule has 1 aliphatic rings. The van der Waals surface area contributed by atoms with E-state index < -0.39 is 0 Å². The number of hydrogen-bond donors (Lipinski definition) is 1. The van der Waals surface area contributed by atoms with Crippen molar-refractivity contribution in [3.63, 3.8) is 0 Å². The molecule has 98 valence electrons. The molecule has 0 spiro atoms. The van der Waals surface area contributed by atoms with Crippen molar-refractivity contribution in [3.05, 3.63) is 41.2 Å². The maximum atomic E-state index is 12.2. The Balaban J connectivity index is 1.82. The number of fused-ring (bicyclic) bond motifs is 1. The molecule has 0 bridgehead atoms. The number of halogens is 1. The second-order valence-corrected chi connectivity index (χ2v) is 5.35. The average Bonchev–Trinajstić information content (AvgIpc) is 3.23. The molecule has 3 rings (SSSR count). The van der Waals surface area contributed by atoms with Gasteiger partial charge in [-0.05, 0) is 17.7 Å². The minimum Gasteiger partial charge on any atom is -0.352 e. The summed E-state index contributed by atoms with van der Waals surface area (Å²) in [5.41, 5.74) is 0.593. The fraction of sp³-hybridized carbons (Fsp3) is 0.333. The van der Waals surface area contributed by atoms with Gasteiger partial charge in [-0.1, -0.05) is 48.7 Å². The third kappa shape index (κ3) is 2.71. The zero-order chi connectivity index (χ0) is 13.2. The van der Waals surface area contributed by atoms with Crippen LogP contribution in [0.25, 0.3) is 10.8 Å². The van der Waals surface area contributed by atoms with Gasteiger partial charge in [0.05, 0.1) is 5.56 Å². The number of aromatic nitrogens is 1. The van der Waals surface area contributed by atoms with Crippen LogP contribution in [0, 0.1) is 5.92 Å². The maximum absolute atomic E-state index is 12.2. The first kappa shape index (κ1) is 12.4. The smallest absolute Gasteiger partial charge is 0.253 e. The van der Waals surface area contributed by atoms with Crippen molar-refractivity contribution in [1.29, 1.82) is 0 Å². The molecule has 19 heavy (non-hydrogen) atoms. The summed E-state index contributed by atoms with van der Waals surface area (Å²) >= 11 is 6.05. The Morgan fingerprint density at radius 3 is 2.79 bits per heavy atom. The van der Waals surface area contributed by atoms with E-state index in [-0.39, 0.29) is 5.91 Å². The average molecular weight is 275 g/mol. The molecular weight excluding hydrogens is 260 g/mol. The molecule has 0 aliphatic heterocycles. The van der Waals surface area contributed by atoms with E-state index in [1.165, 1.54) is 12.8 Å². The first-order valence-corrected chi connectivity index (χ1v) is 6.95. The van der Waals surface area contributed by atoms with Crippen molar-refractivity contribution < 1.29 is 4.79 Å². The van der Waals surface area contributed by atoms with Gasteiger partial charge in [0.15, 0.2) is 0 Å². The first-order valence-electron chi connectivity index (χ1n) is 6.57. The van der Waals surface area contributed by atoms with E-state index in [9.17, 15) is 4.79 Å². The van der Waals surface area contributed by atoms with Gasteiger partial charge in [-0.3, -0.25) is 4.79 Å². The van der Waals surface area contributed by atoms with E-state index in [2.05, 4.69) is 10.3 Å². The first-order chi connectivity index (χ1) is 9.25. The Morgan fingerprint density at radius 2 is 2.05 bits per heavy atom.